The zero-order chi connectivity index (χ0) is 10.2. The molecule has 0 aliphatic heterocycles. The normalized spacial score (nSPS) is 24.0. The van der Waals surface area contributed by atoms with Gasteiger partial charge in [0.1, 0.15) is 6.04 Å². The van der Waals surface area contributed by atoms with Crippen molar-refractivity contribution in [2.45, 2.75) is 32.7 Å². The van der Waals surface area contributed by atoms with Crippen LogP contribution in [0, 0.1) is 10.3 Å². The van der Waals surface area contributed by atoms with Gasteiger partial charge in [-0.15, -0.1) is 0 Å². The molecule has 1 aliphatic carbocycles. The molecule has 2 nitrogen and oxygen atoms in total. The number of rotatable bonds is 1. The van der Waals surface area contributed by atoms with Crippen LogP contribution in [0.4, 0.5) is 0 Å². The summed E-state index contributed by atoms with van der Waals surface area (Å²) in [5.74, 6) is 0. The summed E-state index contributed by atoms with van der Waals surface area (Å²) in [4.78, 5) is 10.9. The van der Waals surface area contributed by atoms with E-state index in [0.717, 1.165) is 18.4 Å². The molecule has 0 saturated carbocycles. The summed E-state index contributed by atoms with van der Waals surface area (Å²) in [5, 5.41) is 3.29. The van der Waals surface area contributed by atoms with Crippen molar-refractivity contribution in [3.8, 4) is 0 Å². The molecule has 1 atom stereocenters. The van der Waals surface area contributed by atoms with Crippen LogP contribution < -0.4 is 0 Å². The zero-order valence-corrected chi connectivity index (χ0v) is 8.66. The lowest BCUT2D eigenvalue weighted by Crippen LogP contribution is -2.26. The summed E-state index contributed by atoms with van der Waals surface area (Å²) in [6, 6.07) is 7.97. The third-order valence-electron chi connectivity index (χ3n) is 3.23. The van der Waals surface area contributed by atoms with Gasteiger partial charge in [0.05, 0.1) is 0 Å². The van der Waals surface area contributed by atoms with Gasteiger partial charge in [-0.05, 0) is 29.4 Å². The van der Waals surface area contributed by atoms with Gasteiger partial charge in [0, 0.05) is 0 Å². The first-order chi connectivity index (χ1) is 6.65. The van der Waals surface area contributed by atoms with Crippen LogP contribution in [0.5, 0.6) is 0 Å². The maximum Gasteiger partial charge on any atom is 0.122 e. The molecule has 0 N–H and O–H groups in total. The number of nitrogens with zero attached hydrogens (tertiary/aromatic N) is 1. The number of hydrogen-bond acceptors (Lipinski definition) is 2. The van der Waals surface area contributed by atoms with Gasteiger partial charge in [0.15, 0.2) is 0 Å². The summed E-state index contributed by atoms with van der Waals surface area (Å²) in [7, 11) is 0. The SMILES string of the molecule is CC1(C)CCc2ccccc2C1N=O. The van der Waals surface area contributed by atoms with Gasteiger partial charge in [0.2, 0.25) is 0 Å². The van der Waals surface area contributed by atoms with Gasteiger partial charge in [-0.3, -0.25) is 0 Å². The predicted octanol–water partition coefficient (Wildman–Crippen LogP) is 3.47. The van der Waals surface area contributed by atoms with E-state index in [-0.39, 0.29) is 11.5 Å². The lowest BCUT2D eigenvalue weighted by atomic mass is 9.71. The monoisotopic (exact) mass is 189 g/mol. The summed E-state index contributed by atoms with van der Waals surface area (Å²) >= 11 is 0. The molecule has 0 amide bonds. The smallest absolute Gasteiger partial charge is 0.122 e. The second kappa shape index (κ2) is 3.19. The molecule has 1 aliphatic rings. The van der Waals surface area contributed by atoms with Crippen LogP contribution in [-0.4, -0.2) is 0 Å². The maximum absolute atomic E-state index is 10.9. The molecule has 0 aromatic heterocycles. The van der Waals surface area contributed by atoms with Crippen LogP contribution in [0.3, 0.4) is 0 Å². The first-order valence-electron chi connectivity index (χ1n) is 5.05. The minimum absolute atomic E-state index is 0.0100. The van der Waals surface area contributed by atoms with Crippen molar-refractivity contribution in [3.05, 3.63) is 40.3 Å². The van der Waals surface area contributed by atoms with Gasteiger partial charge in [0.25, 0.3) is 0 Å². The average Bonchev–Trinajstić information content (AvgIpc) is 2.17. The van der Waals surface area contributed by atoms with E-state index in [1.807, 2.05) is 18.2 Å². The molecule has 74 valence electrons. The average molecular weight is 189 g/mol. The Hall–Kier alpha value is -1.18. The minimum Gasteiger partial charge on any atom is -0.150 e. The second-order valence-corrected chi connectivity index (χ2v) is 4.70. The zero-order valence-electron chi connectivity index (χ0n) is 8.66. The molecule has 0 heterocycles. The van der Waals surface area contributed by atoms with Crippen LogP contribution in [0.2, 0.25) is 0 Å². The Morgan fingerprint density at radius 1 is 1.36 bits per heavy atom. The first-order valence-corrected chi connectivity index (χ1v) is 5.05. The number of nitroso groups, excluding NO2 is 1. The summed E-state index contributed by atoms with van der Waals surface area (Å²) < 4.78 is 0. The molecule has 0 spiro atoms. The Bertz CT molecular complexity index is 357. The third-order valence-corrected chi connectivity index (χ3v) is 3.23. The molecule has 0 fully saturated rings. The molecule has 14 heavy (non-hydrogen) atoms. The third kappa shape index (κ3) is 1.35. The number of aryl methyl sites for hydroxylation is 1. The van der Waals surface area contributed by atoms with Gasteiger partial charge in [-0.1, -0.05) is 43.3 Å². The van der Waals surface area contributed by atoms with E-state index in [1.54, 1.807) is 0 Å². The quantitative estimate of drug-likeness (QED) is 0.622. The Kier molecular flexibility index (Phi) is 2.14. The van der Waals surface area contributed by atoms with Crippen molar-refractivity contribution in [3.63, 3.8) is 0 Å². The maximum atomic E-state index is 10.9. The number of fused-ring (bicyclic) bond motifs is 1. The highest BCUT2D eigenvalue weighted by Crippen LogP contribution is 2.45. The van der Waals surface area contributed by atoms with E-state index in [1.165, 1.54) is 5.56 Å². The molecule has 0 radical (unpaired) electrons. The van der Waals surface area contributed by atoms with Crippen LogP contribution >= 0.6 is 0 Å². The number of hydrogen-bond donors (Lipinski definition) is 0. The first kappa shape index (κ1) is 9.38. The highest BCUT2D eigenvalue weighted by Gasteiger charge is 2.36. The highest BCUT2D eigenvalue weighted by atomic mass is 16.3. The molecule has 0 bridgehead atoms. The largest absolute Gasteiger partial charge is 0.150 e. The Morgan fingerprint density at radius 2 is 2.07 bits per heavy atom. The van der Waals surface area contributed by atoms with Crippen LogP contribution in [0.25, 0.3) is 0 Å². The second-order valence-electron chi connectivity index (χ2n) is 4.70. The van der Waals surface area contributed by atoms with E-state index < -0.39 is 0 Å². The Balaban J connectivity index is 2.50. The summed E-state index contributed by atoms with van der Waals surface area (Å²) in [6.45, 7) is 4.24. The molecule has 1 unspecified atom stereocenters. The standard InChI is InChI=1S/C12H15NO/c1-12(2)8-7-9-5-3-4-6-10(9)11(12)13-14/h3-6,11H,7-8H2,1-2H3. The molecule has 2 rings (SSSR count). The van der Waals surface area contributed by atoms with Gasteiger partial charge in [-0.25, -0.2) is 0 Å². The molecule has 2 heteroatoms. The fourth-order valence-corrected chi connectivity index (χ4v) is 2.24. The van der Waals surface area contributed by atoms with Crippen molar-refractivity contribution in [2.24, 2.45) is 10.6 Å². The van der Waals surface area contributed by atoms with Crippen molar-refractivity contribution in [1.29, 1.82) is 0 Å². The molecule has 0 saturated heterocycles. The molecule has 1 aromatic carbocycles. The van der Waals surface area contributed by atoms with Crippen LogP contribution in [-0.2, 0) is 6.42 Å². The van der Waals surface area contributed by atoms with Gasteiger partial charge in [-0.2, -0.15) is 4.91 Å². The Labute approximate surface area is 84.3 Å². The summed E-state index contributed by atoms with van der Waals surface area (Å²) in [5.41, 5.74) is 2.42. The van der Waals surface area contributed by atoms with Crippen molar-refractivity contribution in [2.75, 3.05) is 0 Å². The summed E-state index contributed by atoms with van der Waals surface area (Å²) in [6.07, 6.45) is 2.11. The van der Waals surface area contributed by atoms with Crippen molar-refractivity contribution >= 4 is 0 Å². The Morgan fingerprint density at radius 3 is 2.79 bits per heavy atom. The lowest BCUT2D eigenvalue weighted by Gasteiger charge is -2.35. The van der Waals surface area contributed by atoms with E-state index in [2.05, 4.69) is 25.1 Å². The molecular formula is C12H15NO. The fourth-order valence-electron chi connectivity index (χ4n) is 2.24. The topological polar surface area (TPSA) is 29.4 Å². The van der Waals surface area contributed by atoms with Gasteiger partial charge < -0.3 is 0 Å². The highest BCUT2D eigenvalue weighted by molar-refractivity contribution is 5.34. The van der Waals surface area contributed by atoms with Crippen LogP contribution in [0.15, 0.2) is 29.4 Å². The van der Waals surface area contributed by atoms with Crippen LogP contribution in [0.1, 0.15) is 37.4 Å². The van der Waals surface area contributed by atoms with E-state index >= 15 is 0 Å². The lowest BCUT2D eigenvalue weighted by molar-refractivity contribution is 0.249. The number of benzene rings is 1. The van der Waals surface area contributed by atoms with E-state index in [4.69, 9.17) is 0 Å². The van der Waals surface area contributed by atoms with E-state index in [0.29, 0.717) is 0 Å². The van der Waals surface area contributed by atoms with E-state index in [9.17, 15) is 4.91 Å². The minimum atomic E-state index is -0.174. The molecule has 1 aromatic rings. The molecular weight excluding hydrogens is 174 g/mol. The van der Waals surface area contributed by atoms with Crippen molar-refractivity contribution < 1.29 is 0 Å². The van der Waals surface area contributed by atoms with Crippen molar-refractivity contribution in [1.82, 2.24) is 0 Å². The fraction of sp³-hybridized carbons (Fsp3) is 0.500. The predicted molar refractivity (Wildman–Crippen MR) is 57.1 cm³/mol. The van der Waals surface area contributed by atoms with Gasteiger partial charge >= 0.3 is 0 Å².